The van der Waals surface area contributed by atoms with E-state index >= 15 is 0 Å². The van der Waals surface area contributed by atoms with Gasteiger partial charge in [0.05, 0.1) is 0 Å². The Hall–Kier alpha value is -9.38. The van der Waals surface area contributed by atoms with Gasteiger partial charge in [0, 0.05) is 87.7 Å². The minimum atomic E-state index is -0.425. The molecule has 0 saturated carbocycles. The summed E-state index contributed by atoms with van der Waals surface area (Å²) < 4.78 is 29.0. The molecule has 0 N–H and O–H groups in total. The molecule has 382 valence electrons. The van der Waals surface area contributed by atoms with Crippen LogP contribution in [0, 0.1) is 13.8 Å². The van der Waals surface area contributed by atoms with Gasteiger partial charge in [-0.25, -0.2) is 0 Å². The fourth-order valence-corrected chi connectivity index (χ4v) is 14.9. The maximum Gasteiger partial charge on any atom is 0.144 e. The van der Waals surface area contributed by atoms with Gasteiger partial charge < -0.3 is 17.7 Å². The van der Waals surface area contributed by atoms with Crippen LogP contribution in [-0.2, 0) is 17.3 Å². The number of aryl methyl sites for hydroxylation is 2. The molecule has 17 rings (SSSR count). The molecule has 2 aliphatic rings. The van der Waals surface area contributed by atoms with Gasteiger partial charge in [-0.05, 0) is 124 Å². The van der Waals surface area contributed by atoms with Crippen LogP contribution in [0.1, 0.15) is 83.7 Å². The van der Waals surface area contributed by atoms with Crippen LogP contribution in [0.25, 0.3) is 132 Å². The summed E-state index contributed by atoms with van der Waals surface area (Å²) in [6, 6.07) is 72.9. The SMILES string of the molecule is Cc1ccc(C(Cc2cc3c(c4c2oc2ccccc24)-c2c(cc(-c4ccccc4)c4c2oc2ccccc24)C3(C)C)c2cc3c(c4c2oc2ccccc24)-c2c(cc(-c4ccccc4)c4c2oc2ccccc24)C3(C)C)c(C)c1. The predicted molar refractivity (Wildman–Crippen MR) is 329 cm³/mol. The van der Waals surface area contributed by atoms with Crippen molar-refractivity contribution in [1.82, 2.24) is 0 Å². The van der Waals surface area contributed by atoms with Crippen molar-refractivity contribution in [3.63, 3.8) is 0 Å². The van der Waals surface area contributed by atoms with Crippen LogP contribution in [0.15, 0.2) is 218 Å². The van der Waals surface area contributed by atoms with E-state index in [0.717, 1.165) is 110 Å². The number of para-hydroxylation sites is 4. The minimum absolute atomic E-state index is 0.150. The number of benzene rings is 11. The van der Waals surface area contributed by atoms with Crippen molar-refractivity contribution in [3.05, 3.63) is 250 Å². The molecule has 0 saturated heterocycles. The van der Waals surface area contributed by atoms with Crippen molar-refractivity contribution in [2.24, 2.45) is 0 Å². The summed E-state index contributed by atoms with van der Waals surface area (Å²) in [5, 5.41) is 8.99. The smallest absolute Gasteiger partial charge is 0.144 e. The first kappa shape index (κ1) is 45.6. The van der Waals surface area contributed by atoms with Crippen LogP contribution in [0.2, 0.25) is 0 Å². The summed E-state index contributed by atoms with van der Waals surface area (Å²) in [5.41, 5.74) is 26.9. The Morgan fingerprint density at radius 3 is 1.24 bits per heavy atom. The molecule has 15 aromatic rings. The van der Waals surface area contributed by atoms with E-state index in [2.05, 4.69) is 242 Å². The molecular formula is C76H54O4. The van der Waals surface area contributed by atoms with Gasteiger partial charge in [-0.2, -0.15) is 0 Å². The lowest BCUT2D eigenvalue weighted by Crippen LogP contribution is -2.17. The largest absolute Gasteiger partial charge is 0.456 e. The van der Waals surface area contributed by atoms with Crippen molar-refractivity contribution in [3.8, 4) is 44.5 Å². The molecular weight excluding hydrogens is 977 g/mol. The van der Waals surface area contributed by atoms with Crippen molar-refractivity contribution >= 4 is 87.8 Å². The zero-order chi connectivity index (χ0) is 53.5. The van der Waals surface area contributed by atoms with E-state index in [4.69, 9.17) is 17.7 Å². The lowest BCUT2D eigenvalue weighted by molar-refractivity contribution is 0.635. The van der Waals surface area contributed by atoms with Crippen molar-refractivity contribution < 1.29 is 17.7 Å². The lowest BCUT2D eigenvalue weighted by atomic mass is 9.76. The third-order valence-electron chi connectivity index (χ3n) is 18.7. The highest BCUT2D eigenvalue weighted by Crippen LogP contribution is 2.61. The first-order chi connectivity index (χ1) is 39.0. The number of rotatable bonds is 6. The molecule has 4 aromatic heterocycles. The second-order valence-electron chi connectivity index (χ2n) is 23.8. The highest BCUT2D eigenvalue weighted by Gasteiger charge is 2.45. The van der Waals surface area contributed by atoms with Gasteiger partial charge in [-0.15, -0.1) is 0 Å². The minimum Gasteiger partial charge on any atom is -0.456 e. The second-order valence-corrected chi connectivity index (χ2v) is 23.8. The summed E-state index contributed by atoms with van der Waals surface area (Å²) in [5.74, 6) is -0.150. The van der Waals surface area contributed by atoms with Gasteiger partial charge >= 0.3 is 0 Å². The lowest BCUT2D eigenvalue weighted by Gasteiger charge is -2.27. The number of hydrogen-bond acceptors (Lipinski definition) is 4. The van der Waals surface area contributed by atoms with Gasteiger partial charge in [0.25, 0.3) is 0 Å². The van der Waals surface area contributed by atoms with Crippen molar-refractivity contribution in [2.45, 2.75) is 64.7 Å². The topological polar surface area (TPSA) is 52.6 Å². The van der Waals surface area contributed by atoms with Crippen LogP contribution in [0.3, 0.4) is 0 Å². The molecule has 80 heavy (non-hydrogen) atoms. The highest BCUT2D eigenvalue weighted by molar-refractivity contribution is 6.25. The molecule has 0 bridgehead atoms. The van der Waals surface area contributed by atoms with Gasteiger partial charge in [0.2, 0.25) is 0 Å². The zero-order valence-corrected chi connectivity index (χ0v) is 45.5. The summed E-state index contributed by atoms with van der Waals surface area (Å²) >= 11 is 0. The first-order valence-corrected chi connectivity index (χ1v) is 28.2. The van der Waals surface area contributed by atoms with Crippen LogP contribution in [-0.4, -0.2) is 0 Å². The van der Waals surface area contributed by atoms with Gasteiger partial charge in [0.15, 0.2) is 0 Å². The van der Waals surface area contributed by atoms with E-state index in [-0.39, 0.29) is 5.92 Å². The van der Waals surface area contributed by atoms with Gasteiger partial charge in [0.1, 0.15) is 44.7 Å². The Morgan fingerprint density at radius 2 is 0.750 bits per heavy atom. The molecule has 1 unspecified atom stereocenters. The molecule has 2 aliphatic carbocycles. The molecule has 4 heterocycles. The monoisotopic (exact) mass is 1030 g/mol. The van der Waals surface area contributed by atoms with Crippen molar-refractivity contribution in [1.29, 1.82) is 0 Å². The van der Waals surface area contributed by atoms with E-state index < -0.39 is 10.8 Å². The Balaban J connectivity index is 0.953. The van der Waals surface area contributed by atoms with Gasteiger partial charge in [-0.1, -0.05) is 191 Å². The maximum absolute atomic E-state index is 7.39. The average molecular weight is 1030 g/mol. The molecule has 0 amide bonds. The third-order valence-corrected chi connectivity index (χ3v) is 18.7. The van der Waals surface area contributed by atoms with E-state index in [9.17, 15) is 0 Å². The fraction of sp³-hybridized carbons (Fsp3) is 0.132. The predicted octanol–water partition coefficient (Wildman–Crippen LogP) is 21.2. The zero-order valence-electron chi connectivity index (χ0n) is 45.5. The first-order valence-electron chi connectivity index (χ1n) is 28.2. The van der Waals surface area contributed by atoms with Crippen LogP contribution in [0.4, 0.5) is 0 Å². The fourth-order valence-electron chi connectivity index (χ4n) is 14.9. The molecule has 0 aliphatic heterocycles. The number of fused-ring (bicyclic) bond motifs is 22. The summed E-state index contributed by atoms with van der Waals surface area (Å²) in [4.78, 5) is 0. The number of hydrogen-bond donors (Lipinski definition) is 0. The standard InChI is InChI=1S/C76H54O4/c1-41-33-34-46(42(2)35-41)53(54-40-56-68(66-50-28-16-20-32-62(50)78-72(54)66)70-58(76(56,5)6)39-52(44-23-11-8-12-24-44)64-48-26-14-18-30-60(48)80-74(64)70)36-45-37-55-67(65-49-27-15-19-31-61(49)77-71(45)65)69-57(75(55,3)4)38-51(43-21-9-7-10-22-43)63-47-25-13-17-29-59(47)79-73(63)69/h7-35,37-40,53H,36H2,1-6H3. The normalized spacial score (nSPS) is 14.6. The molecule has 4 nitrogen and oxygen atoms in total. The Bertz CT molecular complexity index is 5170. The molecule has 1 atom stereocenters. The Labute approximate surface area is 462 Å². The van der Waals surface area contributed by atoms with E-state index in [0.29, 0.717) is 6.42 Å². The second kappa shape index (κ2) is 16.1. The molecule has 0 fully saturated rings. The van der Waals surface area contributed by atoms with E-state index in [1.165, 1.54) is 72.3 Å². The Kier molecular flexibility index (Phi) is 9.19. The molecule has 0 radical (unpaired) electrons. The quantitative estimate of drug-likeness (QED) is 0.167. The summed E-state index contributed by atoms with van der Waals surface area (Å²) in [6.07, 6.45) is 0.652. The summed E-state index contributed by atoms with van der Waals surface area (Å²) in [7, 11) is 0. The number of furan rings is 4. The molecule has 11 aromatic carbocycles. The van der Waals surface area contributed by atoms with E-state index in [1.807, 2.05) is 0 Å². The van der Waals surface area contributed by atoms with Crippen LogP contribution in [0.5, 0.6) is 0 Å². The van der Waals surface area contributed by atoms with E-state index in [1.54, 1.807) is 0 Å². The van der Waals surface area contributed by atoms with Crippen LogP contribution >= 0.6 is 0 Å². The Morgan fingerprint density at radius 1 is 0.350 bits per heavy atom. The maximum atomic E-state index is 7.39. The third kappa shape index (κ3) is 6.06. The molecule has 0 spiro atoms. The van der Waals surface area contributed by atoms with Crippen molar-refractivity contribution in [2.75, 3.05) is 0 Å². The highest BCUT2D eigenvalue weighted by atomic mass is 16.3. The van der Waals surface area contributed by atoms with Gasteiger partial charge in [-0.3, -0.25) is 0 Å². The average Bonchev–Trinajstić information content (AvgIpc) is 3.64. The summed E-state index contributed by atoms with van der Waals surface area (Å²) in [6.45, 7) is 14.1. The molecule has 4 heteroatoms. The van der Waals surface area contributed by atoms with Crippen LogP contribution < -0.4 is 0 Å².